The Kier molecular flexibility index (Phi) is 3.67. The molecule has 1 unspecified atom stereocenters. The predicted octanol–water partition coefficient (Wildman–Crippen LogP) is 5.33. The first-order valence-corrected chi connectivity index (χ1v) is 7.02. The maximum absolute atomic E-state index is 13.3. The van der Waals surface area contributed by atoms with E-state index in [0.29, 0.717) is 28.0 Å². The predicted molar refractivity (Wildman–Crippen MR) is 79.7 cm³/mol. The van der Waals surface area contributed by atoms with Crippen molar-refractivity contribution < 1.29 is 9.13 Å². The summed E-state index contributed by atoms with van der Waals surface area (Å²) in [5, 5.41) is 4.44. The van der Waals surface area contributed by atoms with Gasteiger partial charge in [0.15, 0.2) is 5.75 Å². The summed E-state index contributed by atoms with van der Waals surface area (Å²) in [5.41, 5.74) is 1.29. The van der Waals surface area contributed by atoms with E-state index in [1.54, 1.807) is 18.2 Å². The van der Waals surface area contributed by atoms with Crippen molar-refractivity contribution in [2.45, 2.75) is 6.10 Å². The highest BCUT2D eigenvalue weighted by molar-refractivity contribution is 6.33. The van der Waals surface area contributed by atoms with Gasteiger partial charge in [0.2, 0.25) is 0 Å². The van der Waals surface area contributed by atoms with E-state index in [0.717, 1.165) is 5.56 Å². The smallest absolute Gasteiger partial charge is 0.162 e. The van der Waals surface area contributed by atoms with Crippen LogP contribution in [0.5, 0.6) is 5.75 Å². The Morgan fingerprint density at radius 3 is 2.70 bits per heavy atom. The second-order valence-corrected chi connectivity index (χ2v) is 5.67. The Labute approximate surface area is 130 Å². The normalized spacial score (nSPS) is 17.1. The fraction of sp³-hybridized carbons (Fsp3) is 0.143. The lowest BCUT2D eigenvalue weighted by Gasteiger charge is -2.29. The molecule has 1 N–H and O–H groups in total. The van der Waals surface area contributed by atoms with Crippen molar-refractivity contribution in [2.75, 3.05) is 11.9 Å². The molecule has 3 rings (SSSR count). The van der Waals surface area contributed by atoms with Crippen molar-refractivity contribution in [2.24, 2.45) is 0 Å². The molecule has 1 aliphatic rings. The van der Waals surface area contributed by atoms with Crippen LogP contribution in [0.25, 0.3) is 0 Å². The average Bonchev–Trinajstić information content (AvgIpc) is 2.41. The van der Waals surface area contributed by atoms with Gasteiger partial charge in [0, 0.05) is 21.7 Å². The molecule has 2 nitrogen and oxygen atoms in total. The van der Waals surface area contributed by atoms with Gasteiger partial charge in [-0.3, -0.25) is 0 Å². The van der Waals surface area contributed by atoms with Crippen LogP contribution in [0.15, 0.2) is 30.3 Å². The van der Waals surface area contributed by atoms with Crippen LogP contribution < -0.4 is 10.1 Å². The molecule has 0 spiro atoms. The van der Waals surface area contributed by atoms with Gasteiger partial charge in [-0.05, 0) is 24.3 Å². The van der Waals surface area contributed by atoms with Crippen LogP contribution >= 0.6 is 34.8 Å². The molecule has 0 saturated carbocycles. The molecule has 0 aliphatic carbocycles. The molecule has 1 atom stereocenters. The zero-order valence-electron chi connectivity index (χ0n) is 10.1. The molecule has 20 heavy (non-hydrogen) atoms. The summed E-state index contributed by atoms with van der Waals surface area (Å²) in [6, 6.07) is 7.73. The first-order chi connectivity index (χ1) is 9.54. The van der Waals surface area contributed by atoms with Crippen molar-refractivity contribution in [1.29, 1.82) is 0 Å². The topological polar surface area (TPSA) is 21.3 Å². The maximum atomic E-state index is 13.3. The van der Waals surface area contributed by atoms with Gasteiger partial charge in [-0.2, -0.15) is 0 Å². The van der Waals surface area contributed by atoms with Crippen molar-refractivity contribution in [3.63, 3.8) is 0 Å². The Balaban J connectivity index is 1.98. The van der Waals surface area contributed by atoms with Crippen molar-refractivity contribution in [1.82, 2.24) is 0 Å². The third-order valence-electron chi connectivity index (χ3n) is 3.05. The van der Waals surface area contributed by atoms with Gasteiger partial charge < -0.3 is 10.1 Å². The van der Waals surface area contributed by atoms with Gasteiger partial charge in [0.05, 0.1) is 17.3 Å². The number of hydrogen-bond donors (Lipinski definition) is 1. The van der Waals surface area contributed by atoms with Crippen LogP contribution in [0.3, 0.4) is 0 Å². The number of nitrogens with one attached hydrogen (secondary N) is 1. The van der Waals surface area contributed by atoms with Crippen LogP contribution in [0.1, 0.15) is 11.7 Å². The van der Waals surface area contributed by atoms with E-state index in [-0.39, 0.29) is 11.1 Å². The molecule has 1 aliphatic heterocycles. The lowest BCUT2D eigenvalue weighted by Crippen LogP contribution is -2.24. The maximum Gasteiger partial charge on any atom is 0.162 e. The largest absolute Gasteiger partial charge is 0.480 e. The van der Waals surface area contributed by atoms with Crippen LogP contribution in [0.2, 0.25) is 15.1 Å². The molecule has 0 amide bonds. The van der Waals surface area contributed by atoms with Gasteiger partial charge >= 0.3 is 0 Å². The average molecular weight is 333 g/mol. The van der Waals surface area contributed by atoms with Crippen LogP contribution in [0.4, 0.5) is 10.1 Å². The fourth-order valence-corrected chi connectivity index (χ4v) is 2.80. The first kappa shape index (κ1) is 13.8. The number of rotatable bonds is 1. The second-order valence-electron chi connectivity index (χ2n) is 4.42. The number of anilines is 1. The summed E-state index contributed by atoms with van der Waals surface area (Å²) < 4.78 is 19.1. The molecule has 2 aromatic rings. The summed E-state index contributed by atoms with van der Waals surface area (Å²) in [5.74, 6) is 0.00412. The second kappa shape index (κ2) is 5.32. The minimum Gasteiger partial charge on any atom is -0.480 e. The van der Waals surface area contributed by atoms with E-state index in [1.165, 1.54) is 12.1 Å². The minimum atomic E-state index is -0.413. The van der Waals surface area contributed by atoms with Crippen LogP contribution in [-0.2, 0) is 0 Å². The van der Waals surface area contributed by atoms with Gasteiger partial charge in [-0.1, -0.05) is 34.8 Å². The van der Waals surface area contributed by atoms with Gasteiger partial charge in [-0.25, -0.2) is 4.39 Å². The molecule has 104 valence electrons. The summed E-state index contributed by atoms with van der Waals surface area (Å²) in [6.45, 7) is 0.451. The third kappa shape index (κ3) is 2.53. The highest BCUT2D eigenvalue weighted by Gasteiger charge is 2.25. The summed E-state index contributed by atoms with van der Waals surface area (Å²) in [7, 11) is 0. The third-order valence-corrected chi connectivity index (χ3v) is 3.91. The Morgan fingerprint density at radius 2 is 1.90 bits per heavy atom. The van der Waals surface area contributed by atoms with Crippen molar-refractivity contribution in [3.8, 4) is 5.75 Å². The first-order valence-electron chi connectivity index (χ1n) is 5.89. The molecule has 0 bridgehead atoms. The zero-order chi connectivity index (χ0) is 14.3. The monoisotopic (exact) mass is 331 g/mol. The fourth-order valence-electron chi connectivity index (χ4n) is 2.13. The lowest BCUT2D eigenvalue weighted by atomic mass is 10.1. The van der Waals surface area contributed by atoms with Gasteiger partial charge in [0.1, 0.15) is 11.9 Å². The van der Waals surface area contributed by atoms with E-state index in [9.17, 15) is 4.39 Å². The molecule has 1 heterocycles. The molecule has 0 aromatic heterocycles. The highest BCUT2D eigenvalue weighted by atomic mass is 35.5. The minimum absolute atomic E-state index is 0.218. The molecule has 0 fully saturated rings. The zero-order valence-corrected chi connectivity index (χ0v) is 12.4. The standard InChI is InChI=1S/C14H9Cl3FNO/c15-7-1-2-10(16)9(3-7)13-6-19-12-5-8(18)4-11(17)14(12)20-13/h1-5,13,19H,6H2. The molecular weight excluding hydrogens is 324 g/mol. The Hall–Kier alpha value is -1.16. The lowest BCUT2D eigenvalue weighted by molar-refractivity contribution is 0.210. The van der Waals surface area contributed by atoms with E-state index >= 15 is 0 Å². The highest BCUT2D eigenvalue weighted by Crippen LogP contribution is 2.41. The number of ether oxygens (including phenoxy) is 1. The summed E-state index contributed by atoms with van der Waals surface area (Å²) in [4.78, 5) is 0. The quantitative estimate of drug-likeness (QED) is 0.762. The van der Waals surface area contributed by atoms with E-state index in [1.807, 2.05) is 0 Å². The van der Waals surface area contributed by atoms with Crippen LogP contribution in [0, 0.1) is 5.82 Å². The van der Waals surface area contributed by atoms with Gasteiger partial charge in [0.25, 0.3) is 0 Å². The van der Waals surface area contributed by atoms with Gasteiger partial charge in [-0.15, -0.1) is 0 Å². The number of halogens is 4. The Morgan fingerprint density at radius 1 is 1.10 bits per heavy atom. The SMILES string of the molecule is Fc1cc(Cl)c2c(c1)NCC(c1cc(Cl)ccc1Cl)O2. The molecular formula is C14H9Cl3FNO. The summed E-state index contributed by atoms with van der Waals surface area (Å²) in [6.07, 6.45) is -0.336. The van der Waals surface area contributed by atoms with Crippen molar-refractivity contribution in [3.05, 3.63) is 56.8 Å². The molecule has 6 heteroatoms. The van der Waals surface area contributed by atoms with E-state index in [2.05, 4.69) is 5.32 Å². The number of fused-ring (bicyclic) bond motifs is 1. The molecule has 0 saturated heterocycles. The molecule has 0 radical (unpaired) electrons. The number of hydrogen-bond acceptors (Lipinski definition) is 2. The Bertz CT molecular complexity index is 678. The van der Waals surface area contributed by atoms with E-state index in [4.69, 9.17) is 39.5 Å². The van der Waals surface area contributed by atoms with E-state index < -0.39 is 5.82 Å². The number of benzene rings is 2. The van der Waals surface area contributed by atoms with Crippen LogP contribution in [-0.4, -0.2) is 6.54 Å². The van der Waals surface area contributed by atoms with Crippen molar-refractivity contribution >= 4 is 40.5 Å². The molecule has 2 aromatic carbocycles. The summed E-state index contributed by atoms with van der Waals surface area (Å²) >= 11 is 18.1.